The van der Waals surface area contributed by atoms with Gasteiger partial charge in [0.15, 0.2) is 0 Å². The van der Waals surface area contributed by atoms with Crippen LogP contribution in [0.4, 0.5) is 0 Å². The SMILES string of the molecule is CCOC(=O)C1=CCC(O)CC1. The number of rotatable bonds is 2. The van der Waals surface area contributed by atoms with Gasteiger partial charge in [-0.2, -0.15) is 0 Å². The third-order valence-corrected chi connectivity index (χ3v) is 1.92. The minimum Gasteiger partial charge on any atom is -0.463 e. The van der Waals surface area contributed by atoms with Crippen LogP contribution >= 0.6 is 0 Å². The first-order valence-electron chi connectivity index (χ1n) is 4.28. The predicted octanol–water partition coefficient (Wildman–Crippen LogP) is 1.02. The minimum atomic E-state index is -0.275. The van der Waals surface area contributed by atoms with Crippen LogP contribution in [0.5, 0.6) is 0 Å². The van der Waals surface area contributed by atoms with Crippen molar-refractivity contribution in [3.63, 3.8) is 0 Å². The largest absolute Gasteiger partial charge is 0.463 e. The van der Waals surface area contributed by atoms with E-state index in [1.165, 1.54) is 0 Å². The summed E-state index contributed by atoms with van der Waals surface area (Å²) >= 11 is 0. The molecule has 0 saturated carbocycles. The molecule has 0 bridgehead atoms. The first kappa shape index (κ1) is 9.26. The molecule has 1 rings (SSSR count). The maximum absolute atomic E-state index is 11.1. The number of hydrogen-bond donors (Lipinski definition) is 1. The summed E-state index contributed by atoms with van der Waals surface area (Å²) in [7, 11) is 0. The molecule has 0 amide bonds. The van der Waals surface area contributed by atoms with E-state index in [0.29, 0.717) is 31.4 Å². The number of esters is 1. The molecule has 3 nitrogen and oxygen atoms in total. The van der Waals surface area contributed by atoms with Gasteiger partial charge in [-0.25, -0.2) is 4.79 Å². The topological polar surface area (TPSA) is 46.5 Å². The van der Waals surface area contributed by atoms with E-state index in [1.54, 1.807) is 13.0 Å². The Balaban J connectivity index is 2.47. The third-order valence-electron chi connectivity index (χ3n) is 1.92. The Bertz CT molecular complexity index is 196. The second-order valence-electron chi connectivity index (χ2n) is 2.88. The van der Waals surface area contributed by atoms with Gasteiger partial charge in [-0.1, -0.05) is 6.08 Å². The zero-order valence-corrected chi connectivity index (χ0v) is 7.25. The van der Waals surface area contributed by atoms with Gasteiger partial charge in [0.05, 0.1) is 12.7 Å². The molecule has 0 aromatic rings. The van der Waals surface area contributed by atoms with Crippen molar-refractivity contribution >= 4 is 5.97 Å². The molecule has 0 radical (unpaired) electrons. The van der Waals surface area contributed by atoms with Crippen LogP contribution in [0.1, 0.15) is 26.2 Å². The lowest BCUT2D eigenvalue weighted by Crippen LogP contribution is -2.16. The number of ether oxygens (including phenoxy) is 1. The van der Waals surface area contributed by atoms with E-state index in [1.807, 2.05) is 0 Å². The Kier molecular flexibility index (Phi) is 3.29. The van der Waals surface area contributed by atoms with Gasteiger partial charge in [0, 0.05) is 5.57 Å². The molecule has 0 heterocycles. The third kappa shape index (κ3) is 2.34. The predicted molar refractivity (Wildman–Crippen MR) is 44.6 cm³/mol. The highest BCUT2D eigenvalue weighted by Gasteiger charge is 2.17. The molecule has 0 fully saturated rings. The van der Waals surface area contributed by atoms with Crippen molar-refractivity contribution in [1.82, 2.24) is 0 Å². The van der Waals surface area contributed by atoms with Gasteiger partial charge in [-0.15, -0.1) is 0 Å². The highest BCUT2D eigenvalue weighted by atomic mass is 16.5. The fraction of sp³-hybridized carbons (Fsp3) is 0.667. The Morgan fingerprint density at radius 2 is 2.58 bits per heavy atom. The molecular weight excluding hydrogens is 156 g/mol. The van der Waals surface area contributed by atoms with Crippen molar-refractivity contribution in [2.45, 2.75) is 32.3 Å². The summed E-state index contributed by atoms with van der Waals surface area (Å²) in [5.74, 6) is -0.232. The molecule has 1 aliphatic rings. The molecule has 0 spiro atoms. The first-order chi connectivity index (χ1) is 5.74. The van der Waals surface area contributed by atoms with Gasteiger partial charge in [0.25, 0.3) is 0 Å². The summed E-state index contributed by atoms with van der Waals surface area (Å²) in [6.07, 6.45) is 3.38. The van der Waals surface area contributed by atoms with Crippen molar-refractivity contribution in [1.29, 1.82) is 0 Å². The summed E-state index contributed by atoms with van der Waals surface area (Å²) in [4.78, 5) is 11.1. The normalized spacial score (nSPS) is 23.2. The quantitative estimate of drug-likeness (QED) is 0.629. The fourth-order valence-electron chi connectivity index (χ4n) is 1.23. The number of carbonyl (C=O) groups excluding carboxylic acids is 1. The highest BCUT2D eigenvalue weighted by Crippen LogP contribution is 2.18. The highest BCUT2D eigenvalue weighted by molar-refractivity contribution is 5.88. The average Bonchev–Trinajstić information content (AvgIpc) is 2.06. The number of hydrogen-bond acceptors (Lipinski definition) is 3. The van der Waals surface area contributed by atoms with Crippen LogP contribution < -0.4 is 0 Å². The van der Waals surface area contributed by atoms with Crippen LogP contribution in [-0.4, -0.2) is 23.8 Å². The van der Waals surface area contributed by atoms with Gasteiger partial charge in [0.2, 0.25) is 0 Å². The van der Waals surface area contributed by atoms with Crippen LogP contribution in [0.3, 0.4) is 0 Å². The van der Waals surface area contributed by atoms with E-state index < -0.39 is 0 Å². The van der Waals surface area contributed by atoms with E-state index in [0.717, 1.165) is 0 Å². The van der Waals surface area contributed by atoms with E-state index in [4.69, 9.17) is 9.84 Å². The second kappa shape index (κ2) is 4.26. The van der Waals surface area contributed by atoms with Crippen LogP contribution in [0.15, 0.2) is 11.6 Å². The summed E-state index contributed by atoms with van der Waals surface area (Å²) in [5, 5.41) is 9.14. The van der Waals surface area contributed by atoms with Crippen LogP contribution in [0.25, 0.3) is 0 Å². The van der Waals surface area contributed by atoms with Crippen LogP contribution in [0, 0.1) is 0 Å². The lowest BCUT2D eigenvalue weighted by atomic mass is 9.97. The van der Waals surface area contributed by atoms with E-state index in [-0.39, 0.29) is 12.1 Å². The molecule has 12 heavy (non-hydrogen) atoms. The van der Waals surface area contributed by atoms with Crippen molar-refractivity contribution in [3.8, 4) is 0 Å². The molecule has 0 aromatic heterocycles. The summed E-state index contributed by atoms with van der Waals surface area (Å²) in [5.41, 5.74) is 0.710. The lowest BCUT2D eigenvalue weighted by molar-refractivity contribution is -0.138. The van der Waals surface area contributed by atoms with E-state index in [2.05, 4.69) is 0 Å². The van der Waals surface area contributed by atoms with Crippen LogP contribution in [0.2, 0.25) is 0 Å². The van der Waals surface area contributed by atoms with Gasteiger partial charge < -0.3 is 9.84 Å². The lowest BCUT2D eigenvalue weighted by Gasteiger charge is -2.15. The Morgan fingerprint density at radius 1 is 1.83 bits per heavy atom. The van der Waals surface area contributed by atoms with Gasteiger partial charge in [-0.3, -0.25) is 0 Å². The van der Waals surface area contributed by atoms with Gasteiger partial charge in [0.1, 0.15) is 0 Å². The number of carbonyl (C=O) groups is 1. The van der Waals surface area contributed by atoms with Gasteiger partial charge >= 0.3 is 5.97 Å². The molecule has 0 aliphatic heterocycles. The monoisotopic (exact) mass is 170 g/mol. The Hall–Kier alpha value is -0.830. The Morgan fingerprint density at radius 3 is 3.08 bits per heavy atom. The second-order valence-corrected chi connectivity index (χ2v) is 2.88. The first-order valence-corrected chi connectivity index (χ1v) is 4.28. The zero-order chi connectivity index (χ0) is 8.97. The molecule has 1 N–H and O–H groups in total. The van der Waals surface area contributed by atoms with Gasteiger partial charge in [-0.05, 0) is 26.2 Å². The maximum atomic E-state index is 11.1. The Labute approximate surface area is 72.0 Å². The molecule has 68 valence electrons. The molecular formula is C9H14O3. The van der Waals surface area contributed by atoms with Crippen molar-refractivity contribution in [2.24, 2.45) is 0 Å². The zero-order valence-electron chi connectivity index (χ0n) is 7.25. The van der Waals surface area contributed by atoms with E-state index >= 15 is 0 Å². The molecule has 0 aromatic carbocycles. The summed E-state index contributed by atoms with van der Waals surface area (Å²) in [6, 6.07) is 0. The summed E-state index contributed by atoms with van der Waals surface area (Å²) in [6.45, 7) is 2.20. The van der Waals surface area contributed by atoms with Crippen molar-refractivity contribution in [2.75, 3.05) is 6.61 Å². The van der Waals surface area contributed by atoms with E-state index in [9.17, 15) is 4.79 Å². The molecule has 1 atom stereocenters. The van der Waals surface area contributed by atoms with Crippen LogP contribution in [-0.2, 0) is 9.53 Å². The molecule has 1 aliphatic carbocycles. The number of aliphatic hydroxyl groups excluding tert-OH is 1. The average molecular weight is 170 g/mol. The minimum absolute atomic E-state index is 0.232. The standard InChI is InChI=1S/C9H14O3/c1-2-12-9(11)7-3-5-8(10)6-4-7/h3,8,10H,2,4-6H2,1H3. The number of aliphatic hydroxyl groups is 1. The smallest absolute Gasteiger partial charge is 0.333 e. The molecule has 1 unspecified atom stereocenters. The van der Waals surface area contributed by atoms with Crippen molar-refractivity contribution < 1.29 is 14.6 Å². The maximum Gasteiger partial charge on any atom is 0.333 e. The molecule has 3 heteroatoms. The fourth-order valence-corrected chi connectivity index (χ4v) is 1.23. The van der Waals surface area contributed by atoms with Crippen molar-refractivity contribution in [3.05, 3.63) is 11.6 Å². The molecule has 0 saturated heterocycles. The summed E-state index contributed by atoms with van der Waals surface area (Å²) < 4.78 is 4.83.